The summed E-state index contributed by atoms with van der Waals surface area (Å²) in [6, 6.07) is 2.64. The van der Waals surface area contributed by atoms with Crippen molar-refractivity contribution in [3.05, 3.63) is 56.7 Å². The van der Waals surface area contributed by atoms with Gasteiger partial charge in [-0.05, 0) is 30.7 Å². The minimum atomic E-state index is -4.59. The summed E-state index contributed by atoms with van der Waals surface area (Å²) in [5.41, 5.74) is -0.457. The maximum Gasteiger partial charge on any atom is 0.416 e. The number of halogens is 5. The number of carbonyl (C=O) groups is 1. The summed E-state index contributed by atoms with van der Waals surface area (Å²) in [6.45, 7) is 3.73. The molecular weight excluding hydrogens is 558 g/mol. The average Bonchev–Trinajstić information content (AvgIpc) is 3.37. The van der Waals surface area contributed by atoms with Gasteiger partial charge in [0.25, 0.3) is 5.56 Å². The SMILES string of the molecule is CCc1c(N2CCNCC2)c(=O)n2nc(C3=CC[C@H](F)CO3)nc2n1CC(=O)Nc1ccc(C(F)(F)F)cc1Cl. The molecular formula is C25H26ClF4N7O3. The van der Waals surface area contributed by atoms with Gasteiger partial charge in [0.2, 0.25) is 17.5 Å². The topological polar surface area (TPSA) is 106 Å². The fourth-order valence-electron chi connectivity index (χ4n) is 4.75. The number of fused-ring (bicyclic) bond motifs is 1. The highest BCUT2D eigenvalue weighted by atomic mass is 35.5. The number of benzene rings is 1. The number of ether oxygens (including phenoxy) is 1. The Balaban J connectivity index is 1.56. The Morgan fingerprint density at radius 3 is 2.65 bits per heavy atom. The lowest BCUT2D eigenvalue weighted by atomic mass is 10.2. The maximum absolute atomic E-state index is 13.7. The van der Waals surface area contributed by atoms with E-state index in [2.05, 4.69) is 20.7 Å². The second kappa shape index (κ2) is 11.1. The number of hydrogen-bond acceptors (Lipinski definition) is 7. The van der Waals surface area contributed by atoms with Crippen molar-refractivity contribution in [1.82, 2.24) is 24.5 Å². The molecule has 214 valence electrons. The minimum absolute atomic E-state index is 0.000743. The molecule has 0 spiro atoms. The monoisotopic (exact) mass is 583 g/mol. The highest BCUT2D eigenvalue weighted by Gasteiger charge is 2.31. The number of anilines is 2. The summed E-state index contributed by atoms with van der Waals surface area (Å²) in [5, 5.41) is 9.85. The van der Waals surface area contributed by atoms with Gasteiger partial charge in [-0.2, -0.15) is 22.7 Å². The van der Waals surface area contributed by atoms with E-state index in [1.807, 2.05) is 11.8 Å². The number of allylic oxidation sites excluding steroid dienone is 1. The van der Waals surface area contributed by atoms with E-state index >= 15 is 0 Å². The number of carbonyl (C=O) groups excluding carboxylic acids is 1. The summed E-state index contributed by atoms with van der Waals surface area (Å²) in [5.74, 6) is -0.239. The molecule has 2 aliphatic rings. The number of nitrogens with zero attached hydrogens (tertiary/aromatic N) is 5. The van der Waals surface area contributed by atoms with Crippen molar-refractivity contribution in [3.63, 3.8) is 0 Å². The van der Waals surface area contributed by atoms with E-state index in [1.54, 1.807) is 4.57 Å². The molecule has 0 unspecified atom stereocenters. The summed E-state index contributed by atoms with van der Waals surface area (Å²) in [6.07, 6.45) is -3.76. The summed E-state index contributed by atoms with van der Waals surface area (Å²) >= 11 is 6.03. The van der Waals surface area contributed by atoms with Crippen LogP contribution >= 0.6 is 11.6 Å². The molecule has 40 heavy (non-hydrogen) atoms. The molecule has 1 atom stereocenters. The Kier molecular flexibility index (Phi) is 7.73. The average molecular weight is 584 g/mol. The van der Waals surface area contributed by atoms with Gasteiger partial charge in [0.1, 0.15) is 25.0 Å². The third kappa shape index (κ3) is 5.50. The van der Waals surface area contributed by atoms with Gasteiger partial charge in [-0.3, -0.25) is 9.59 Å². The van der Waals surface area contributed by atoms with E-state index in [-0.39, 0.29) is 47.6 Å². The normalized spacial score (nSPS) is 18.0. The third-order valence-corrected chi connectivity index (χ3v) is 6.98. The van der Waals surface area contributed by atoms with E-state index in [0.717, 1.165) is 22.7 Å². The van der Waals surface area contributed by atoms with Crippen LogP contribution in [0.2, 0.25) is 5.02 Å². The molecule has 2 N–H and O–H groups in total. The largest absolute Gasteiger partial charge is 0.487 e. The zero-order valence-electron chi connectivity index (χ0n) is 21.4. The van der Waals surface area contributed by atoms with Crippen molar-refractivity contribution in [3.8, 4) is 0 Å². The van der Waals surface area contributed by atoms with Gasteiger partial charge >= 0.3 is 6.18 Å². The summed E-state index contributed by atoms with van der Waals surface area (Å²) in [4.78, 5) is 33.3. The first-order valence-corrected chi connectivity index (χ1v) is 13.1. The first-order chi connectivity index (χ1) is 19.1. The number of alkyl halides is 4. The highest BCUT2D eigenvalue weighted by Crippen LogP contribution is 2.34. The number of aromatic nitrogens is 4. The molecule has 1 saturated heterocycles. The van der Waals surface area contributed by atoms with Crippen LogP contribution in [0, 0.1) is 0 Å². The molecule has 5 rings (SSSR count). The molecule has 1 fully saturated rings. The lowest BCUT2D eigenvalue weighted by Crippen LogP contribution is -2.47. The van der Waals surface area contributed by atoms with Crippen LogP contribution in [-0.4, -0.2) is 64.0 Å². The van der Waals surface area contributed by atoms with Gasteiger partial charge in [-0.1, -0.05) is 18.5 Å². The van der Waals surface area contributed by atoms with Gasteiger partial charge in [-0.15, -0.1) is 5.10 Å². The lowest BCUT2D eigenvalue weighted by molar-refractivity contribution is -0.137. The molecule has 1 aromatic carbocycles. The van der Waals surface area contributed by atoms with Crippen molar-refractivity contribution in [2.24, 2.45) is 0 Å². The molecule has 2 aliphatic heterocycles. The van der Waals surface area contributed by atoms with Gasteiger partial charge in [0, 0.05) is 32.6 Å². The van der Waals surface area contributed by atoms with Crippen molar-refractivity contribution in [2.75, 3.05) is 43.0 Å². The molecule has 3 aromatic rings. The molecule has 0 bridgehead atoms. The Bertz CT molecular complexity index is 1530. The standard InChI is InChI=1S/C25H26ClF4N7O3/c1-2-18-21(35-9-7-31-8-10-35)23(39)37-24(33-22(34-37)19-6-4-15(27)13-40-19)36(18)12-20(38)32-17-5-3-14(11-16(17)26)25(28,29)30/h3,5-6,11,15,31H,2,4,7-10,12-13H2,1H3,(H,32,38)/t15-/m0/s1. The van der Waals surface area contributed by atoms with Crippen molar-refractivity contribution in [1.29, 1.82) is 0 Å². The van der Waals surface area contributed by atoms with Crippen LogP contribution in [0.4, 0.5) is 28.9 Å². The summed E-state index contributed by atoms with van der Waals surface area (Å²) < 4.78 is 60.8. The fraction of sp³-hybridized carbons (Fsp3) is 0.440. The van der Waals surface area contributed by atoms with Crippen LogP contribution < -0.4 is 21.1 Å². The predicted molar refractivity (Wildman–Crippen MR) is 140 cm³/mol. The number of piperazine rings is 1. The predicted octanol–water partition coefficient (Wildman–Crippen LogP) is 3.27. The van der Waals surface area contributed by atoms with Gasteiger partial charge in [0.05, 0.1) is 22.0 Å². The zero-order valence-corrected chi connectivity index (χ0v) is 22.2. The van der Waals surface area contributed by atoms with Crippen LogP contribution in [0.3, 0.4) is 0 Å². The molecule has 2 aromatic heterocycles. The highest BCUT2D eigenvalue weighted by molar-refractivity contribution is 6.33. The molecule has 0 aliphatic carbocycles. The van der Waals surface area contributed by atoms with Crippen LogP contribution in [0.15, 0.2) is 29.1 Å². The molecule has 0 saturated carbocycles. The minimum Gasteiger partial charge on any atom is -0.487 e. The van der Waals surface area contributed by atoms with Gasteiger partial charge in [-0.25, -0.2) is 4.39 Å². The molecule has 0 radical (unpaired) electrons. The first-order valence-electron chi connectivity index (χ1n) is 12.7. The van der Waals surface area contributed by atoms with Crippen molar-refractivity contribution >= 4 is 40.4 Å². The molecule has 1 amide bonds. The molecule has 15 heteroatoms. The van der Waals surface area contributed by atoms with E-state index < -0.39 is 29.4 Å². The second-order valence-electron chi connectivity index (χ2n) is 9.38. The quantitative estimate of drug-likeness (QED) is 0.429. The van der Waals surface area contributed by atoms with Gasteiger partial charge in [0.15, 0.2) is 5.76 Å². The Morgan fingerprint density at radius 1 is 1.27 bits per heavy atom. The van der Waals surface area contributed by atoms with E-state index in [0.29, 0.717) is 44.0 Å². The smallest absolute Gasteiger partial charge is 0.416 e. The Labute approximate surface area is 230 Å². The van der Waals surface area contributed by atoms with Crippen molar-refractivity contribution in [2.45, 2.75) is 38.7 Å². The fourth-order valence-corrected chi connectivity index (χ4v) is 4.97. The lowest BCUT2D eigenvalue weighted by Gasteiger charge is -2.31. The van der Waals surface area contributed by atoms with Crippen LogP contribution in [0.1, 0.15) is 30.4 Å². The van der Waals surface area contributed by atoms with E-state index in [9.17, 15) is 27.2 Å². The Hall–Kier alpha value is -3.65. The number of rotatable bonds is 6. The molecule has 4 heterocycles. The summed E-state index contributed by atoms with van der Waals surface area (Å²) in [7, 11) is 0. The van der Waals surface area contributed by atoms with E-state index in [1.165, 1.54) is 6.08 Å². The van der Waals surface area contributed by atoms with Gasteiger partial charge < -0.3 is 24.8 Å². The van der Waals surface area contributed by atoms with Crippen LogP contribution in [0.5, 0.6) is 0 Å². The van der Waals surface area contributed by atoms with Crippen LogP contribution in [-0.2, 0) is 28.7 Å². The maximum atomic E-state index is 13.7. The van der Waals surface area contributed by atoms with Crippen LogP contribution in [0.25, 0.3) is 11.5 Å². The number of hydrogen-bond donors (Lipinski definition) is 2. The first kappa shape index (κ1) is 27.9. The van der Waals surface area contributed by atoms with Crippen molar-refractivity contribution < 1.29 is 27.1 Å². The third-order valence-electron chi connectivity index (χ3n) is 6.67. The number of amides is 1. The Morgan fingerprint density at radius 2 is 2.02 bits per heavy atom. The molecule has 10 nitrogen and oxygen atoms in total. The van der Waals surface area contributed by atoms with E-state index in [4.69, 9.17) is 16.3 Å². The zero-order chi connectivity index (χ0) is 28.6. The second-order valence-corrected chi connectivity index (χ2v) is 9.78. The number of nitrogens with one attached hydrogen (secondary N) is 2.